The van der Waals surface area contributed by atoms with Crippen molar-refractivity contribution in [3.63, 3.8) is 0 Å². The fourth-order valence-electron chi connectivity index (χ4n) is 1.03. The van der Waals surface area contributed by atoms with Gasteiger partial charge in [0, 0.05) is 12.4 Å². The van der Waals surface area contributed by atoms with Crippen molar-refractivity contribution >= 4 is 12.4 Å². The summed E-state index contributed by atoms with van der Waals surface area (Å²) in [5.74, 6) is 0.386. The molecule has 0 atom stereocenters. The third-order valence-corrected chi connectivity index (χ3v) is 1.73. The van der Waals surface area contributed by atoms with E-state index in [1.165, 1.54) is 6.40 Å². The van der Waals surface area contributed by atoms with Crippen molar-refractivity contribution in [2.45, 2.75) is 6.92 Å². The van der Waals surface area contributed by atoms with Gasteiger partial charge in [-0.2, -0.15) is 4.99 Å². The minimum atomic E-state index is 0.160. The van der Waals surface area contributed by atoms with Crippen molar-refractivity contribution in [1.29, 1.82) is 0 Å². The van der Waals surface area contributed by atoms with Crippen molar-refractivity contribution in [1.82, 2.24) is 15.2 Å². The molecule has 0 spiro atoms. The molecule has 0 amide bonds. The van der Waals surface area contributed by atoms with E-state index in [4.69, 9.17) is 9.15 Å². The second-order valence-corrected chi connectivity index (χ2v) is 2.82. The molecule has 2 aromatic rings. The molecule has 0 N–H and O–H groups in total. The summed E-state index contributed by atoms with van der Waals surface area (Å²) in [6, 6.07) is 3.78. The SMILES string of the molecule is CCO/C=N/c1nnc(-c2cccnc2)o1. The molecule has 0 unspecified atom stereocenters. The van der Waals surface area contributed by atoms with Crippen LogP contribution in [0.2, 0.25) is 0 Å². The molecule has 2 rings (SSSR count). The van der Waals surface area contributed by atoms with E-state index >= 15 is 0 Å². The largest absolute Gasteiger partial charge is 0.483 e. The summed E-state index contributed by atoms with van der Waals surface area (Å²) in [6.07, 6.45) is 4.60. The monoisotopic (exact) mass is 218 g/mol. The fourth-order valence-corrected chi connectivity index (χ4v) is 1.03. The van der Waals surface area contributed by atoms with E-state index in [1.807, 2.05) is 13.0 Å². The highest BCUT2D eigenvalue weighted by atomic mass is 16.5. The third-order valence-electron chi connectivity index (χ3n) is 1.73. The Morgan fingerprint density at radius 2 is 2.44 bits per heavy atom. The molecule has 2 aromatic heterocycles. The van der Waals surface area contributed by atoms with E-state index in [0.717, 1.165) is 5.56 Å². The van der Waals surface area contributed by atoms with Gasteiger partial charge in [0.05, 0.1) is 12.2 Å². The van der Waals surface area contributed by atoms with Gasteiger partial charge in [0.15, 0.2) is 6.40 Å². The molecule has 0 bridgehead atoms. The molecule has 0 fully saturated rings. The topological polar surface area (TPSA) is 73.4 Å². The van der Waals surface area contributed by atoms with Crippen LogP contribution in [0, 0.1) is 0 Å². The molecular weight excluding hydrogens is 208 g/mol. The van der Waals surface area contributed by atoms with Crippen LogP contribution in [0.15, 0.2) is 33.9 Å². The van der Waals surface area contributed by atoms with Gasteiger partial charge in [-0.05, 0) is 19.1 Å². The second-order valence-electron chi connectivity index (χ2n) is 2.82. The smallest absolute Gasteiger partial charge is 0.345 e. The van der Waals surface area contributed by atoms with Crippen LogP contribution in [-0.2, 0) is 4.74 Å². The molecule has 0 aliphatic rings. The van der Waals surface area contributed by atoms with Crippen LogP contribution in [0.5, 0.6) is 0 Å². The van der Waals surface area contributed by atoms with E-state index in [-0.39, 0.29) is 6.01 Å². The number of rotatable bonds is 4. The molecule has 0 saturated carbocycles. The van der Waals surface area contributed by atoms with Gasteiger partial charge >= 0.3 is 6.01 Å². The molecular formula is C10H10N4O2. The summed E-state index contributed by atoms with van der Waals surface area (Å²) in [4.78, 5) is 7.79. The van der Waals surface area contributed by atoms with Crippen LogP contribution in [0.25, 0.3) is 11.5 Å². The van der Waals surface area contributed by atoms with E-state index in [2.05, 4.69) is 20.2 Å². The molecule has 6 heteroatoms. The normalized spacial score (nSPS) is 10.8. The van der Waals surface area contributed by atoms with Crippen molar-refractivity contribution < 1.29 is 9.15 Å². The van der Waals surface area contributed by atoms with Gasteiger partial charge < -0.3 is 9.15 Å². The highest BCUT2D eigenvalue weighted by Gasteiger charge is 2.06. The van der Waals surface area contributed by atoms with Gasteiger partial charge in [-0.15, -0.1) is 5.10 Å². The lowest BCUT2D eigenvalue weighted by atomic mass is 10.3. The summed E-state index contributed by atoms with van der Waals surface area (Å²) >= 11 is 0. The average Bonchev–Trinajstić information content (AvgIpc) is 2.79. The Kier molecular flexibility index (Phi) is 3.22. The van der Waals surface area contributed by atoms with Gasteiger partial charge in [0.25, 0.3) is 5.89 Å². The number of aliphatic imine (C=N–C) groups is 1. The number of hydrogen-bond acceptors (Lipinski definition) is 6. The minimum absolute atomic E-state index is 0.160. The molecule has 0 aliphatic carbocycles. The zero-order chi connectivity index (χ0) is 11.2. The summed E-state index contributed by atoms with van der Waals surface area (Å²) in [7, 11) is 0. The summed E-state index contributed by atoms with van der Waals surface area (Å²) in [6.45, 7) is 2.41. The summed E-state index contributed by atoms with van der Waals surface area (Å²) < 4.78 is 10.2. The number of nitrogens with zero attached hydrogens (tertiary/aromatic N) is 4. The first-order chi connectivity index (χ1) is 7.90. The Balaban J connectivity index is 2.14. The molecule has 0 aliphatic heterocycles. The lowest BCUT2D eigenvalue weighted by molar-refractivity contribution is 0.343. The number of pyridine rings is 1. The molecule has 0 radical (unpaired) electrons. The van der Waals surface area contributed by atoms with Gasteiger partial charge in [-0.1, -0.05) is 5.10 Å². The van der Waals surface area contributed by atoms with Crippen LogP contribution in [0.3, 0.4) is 0 Å². The van der Waals surface area contributed by atoms with Crippen LogP contribution in [0.4, 0.5) is 6.01 Å². The van der Waals surface area contributed by atoms with E-state index in [0.29, 0.717) is 12.5 Å². The molecule has 82 valence electrons. The Bertz CT molecular complexity index is 467. The van der Waals surface area contributed by atoms with Crippen LogP contribution in [-0.4, -0.2) is 28.2 Å². The highest BCUT2D eigenvalue weighted by molar-refractivity contribution is 5.53. The van der Waals surface area contributed by atoms with E-state index < -0.39 is 0 Å². The quantitative estimate of drug-likeness (QED) is 0.578. The lowest BCUT2D eigenvalue weighted by Gasteiger charge is -1.90. The molecule has 0 saturated heterocycles. The molecule has 2 heterocycles. The first-order valence-corrected chi connectivity index (χ1v) is 4.78. The Morgan fingerprint density at radius 1 is 1.50 bits per heavy atom. The molecule has 16 heavy (non-hydrogen) atoms. The van der Waals surface area contributed by atoms with E-state index in [9.17, 15) is 0 Å². The van der Waals surface area contributed by atoms with Gasteiger partial charge in [0.1, 0.15) is 0 Å². The van der Waals surface area contributed by atoms with Gasteiger partial charge in [0.2, 0.25) is 0 Å². The van der Waals surface area contributed by atoms with Crippen LogP contribution in [0.1, 0.15) is 6.92 Å². The van der Waals surface area contributed by atoms with Gasteiger partial charge in [-0.25, -0.2) is 0 Å². The highest BCUT2D eigenvalue weighted by Crippen LogP contribution is 2.19. The van der Waals surface area contributed by atoms with Crippen LogP contribution < -0.4 is 0 Å². The maximum atomic E-state index is 5.28. The molecule has 0 aromatic carbocycles. The maximum absolute atomic E-state index is 5.28. The van der Waals surface area contributed by atoms with Crippen molar-refractivity contribution in [3.8, 4) is 11.5 Å². The number of aromatic nitrogens is 3. The lowest BCUT2D eigenvalue weighted by Crippen LogP contribution is -1.83. The molecule has 6 nitrogen and oxygen atoms in total. The standard InChI is InChI=1S/C10H10N4O2/c1-2-15-7-12-10-14-13-9(16-10)8-4-3-5-11-6-8/h3-7H,2H2,1H3/b12-7+. The zero-order valence-corrected chi connectivity index (χ0v) is 8.70. The van der Waals surface area contributed by atoms with E-state index in [1.54, 1.807) is 18.5 Å². The Labute approximate surface area is 92.0 Å². The zero-order valence-electron chi connectivity index (χ0n) is 8.70. The number of hydrogen-bond donors (Lipinski definition) is 0. The number of ether oxygens (including phenoxy) is 1. The van der Waals surface area contributed by atoms with Gasteiger partial charge in [-0.3, -0.25) is 4.98 Å². The maximum Gasteiger partial charge on any atom is 0.345 e. The Morgan fingerprint density at radius 3 is 3.19 bits per heavy atom. The first kappa shape index (κ1) is 10.3. The minimum Gasteiger partial charge on any atom is -0.483 e. The average molecular weight is 218 g/mol. The summed E-state index contributed by atoms with van der Waals surface area (Å²) in [5.41, 5.74) is 0.757. The predicted molar refractivity (Wildman–Crippen MR) is 57.3 cm³/mol. The predicted octanol–water partition coefficient (Wildman–Crippen LogP) is 1.83. The third kappa shape index (κ3) is 2.41. The van der Waals surface area contributed by atoms with Crippen molar-refractivity contribution in [3.05, 3.63) is 24.5 Å². The van der Waals surface area contributed by atoms with Crippen molar-refractivity contribution in [2.75, 3.05) is 6.61 Å². The second kappa shape index (κ2) is 5.01. The first-order valence-electron chi connectivity index (χ1n) is 4.78. The Hall–Kier alpha value is -2.24. The van der Waals surface area contributed by atoms with Crippen molar-refractivity contribution in [2.24, 2.45) is 4.99 Å². The fraction of sp³-hybridized carbons (Fsp3) is 0.200. The van der Waals surface area contributed by atoms with Crippen LogP contribution >= 0.6 is 0 Å². The summed E-state index contributed by atoms with van der Waals surface area (Å²) in [5, 5.41) is 7.58.